The van der Waals surface area contributed by atoms with Crippen molar-refractivity contribution in [1.29, 1.82) is 0 Å². The van der Waals surface area contributed by atoms with Gasteiger partial charge in [0.2, 0.25) is 5.91 Å². The van der Waals surface area contributed by atoms with Gasteiger partial charge in [-0.05, 0) is 71.5 Å². The van der Waals surface area contributed by atoms with E-state index >= 15 is 0 Å². The molecule has 0 saturated carbocycles. The van der Waals surface area contributed by atoms with Crippen LogP contribution >= 0.6 is 23.2 Å². The fraction of sp³-hybridized carbons (Fsp3) is 0.417. The first-order chi connectivity index (χ1) is 21.4. The van der Waals surface area contributed by atoms with E-state index in [4.69, 9.17) is 32.9 Å². The molecule has 0 aromatic heterocycles. The molecule has 2 aliphatic heterocycles. The smallest absolute Gasteiger partial charge is 0.326 e. The molecule has 1 fully saturated rings. The van der Waals surface area contributed by atoms with Gasteiger partial charge in [-0.25, -0.2) is 4.79 Å². The molecule has 3 amide bonds. The van der Waals surface area contributed by atoms with Crippen LogP contribution in [0.15, 0.2) is 71.7 Å². The van der Waals surface area contributed by atoms with Crippen LogP contribution in [0.2, 0.25) is 10.0 Å². The van der Waals surface area contributed by atoms with E-state index in [2.05, 4.69) is 26.8 Å². The van der Waals surface area contributed by atoms with E-state index in [0.29, 0.717) is 48.7 Å². The van der Waals surface area contributed by atoms with Gasteiger partial charge >= 0.3 is 6.03 Å². The summed E-state index contributed by atoms with van der Waals surface area (Å²) in [6.45, 7) is 14.7. The summed E-state index contributed by atoms with van der Waals surface area (Å²) in [7, 11) is 0. The predicted molar refractivity (Wildman–Crippen MR) is 181 cm³/mol. The van der Waals surface area contributed by atoms with E-state index in [-0.39, 0.29) is 23.3 Å². The Morgan fingerprint density at radius 3 is 1.96 bits per heavy atom. The second-order valence-corrected chi connectivity index (χ2v) is 13.8. The zero-order valence-electron chi connectivity index (χ0n) is 26.9. The molecule has 45 heavy (non-hydrogen) atoms. The Bertz CT molecular complexity index is 1560. The maximum atomic E-state index is 14.8. The minimum Gasteiger partial charge on any atom is -0.494 e. The van der Waals surface area contributed by atoms with Crippen molar-refractivity contribution < 1.29 is 14.3 Å². The molecule has 2 aliphatic rings. The quantitative estimate of drug-likeness (QED) is 0.271. The fourth-order valence-corrected chi connectivity index (χ4v) is 6.34. The standard InChI is InChI=1S/C36H42Cl2N4O3/c1-7-45-28-16-17-29(30(22-28)36(4,5)6)33-39-31(24-8-12-26(37)13-9-24)32(25-10-14-27(38)15-11-25)42(33)35(44)41-20-18-40(19-21-41)34(43)23(2)3/h8-17,22-23,31-32H,7,18-21H2,1-6H3/t31-,32+/m0/s1. The third-order valence-corrected chi connectivity index (χ3v) is 8.91. The van der Waals surface area contributed by atoms with Gasteiger partial charge in [-0.1, -0.05) is 82.1 Å². The second kappa shape index (κ2) is 13.4. The number of amidine groups is 1. The molecule has 0 radical (unpaired) electrons. The number of hydrogen-bond donors (Lipinski definition) is 0. The molecule has 3 aromatic carbocycles. The SMILES string of the molecule is CCOc1ccc(C2=N[C@@H](c3ccc(Cl)cc3)[C@@H](c3ccc(Cl)cc3)N2C(=O)N2CCN(C(=O)C(C)C)CC2)c(C(C)(C)C)c1. The summed E-state index contributed by atoms with van der Waals surface area (Å²) < 4.78 is 5.89. The normalized spacial score (nSPS) is 18.8. The molecule has 7 nitrogen and oxygen atoms in total. The van der Waals surface area contributed by atoms with Crippen molar-refractivity contribution in [2.75, 3.05) is 32.8 Å². The first-order valence-electron chi connectivity index (χ1n) is 15.6. The number of ether oxygens (including phenoxy) is 1. The van der Waals surface area contributed by atoms with Gasteiger partial charge in [0.15, 0.2) is 0 Å². The molecule has 0 aliphatic carbocycles. The highest BCUT2D eigenvalue weighted by atomic mass is 35.5. The summed E-state index contributed by atoms with van der Waals surface area (Å²) in [5.41, 5.74) is 3.51. The van der Waals surface area contributed by atoms with Gasteiger partial charge in [0.25, 0.3) is 0 Å². The van der Waals surface area contributed by atoms with Crippen molar-refractivity contribution in [1.82, 2.24) is 14.7 Å². The van der Waals surface area contributed by atoms with Crippen molar-refractivity contribution >= 4 is 41.0 Å². The van der Waals surface area contributed by atoms with Gasteiger partial charge in [0.1, 0.15) is 17.6 Å². The third kappa shape index (κ3) is 7.00. The molecule has 2 atom stereocenters. The van der Waals surface area contributed by atoms with Crippen LogP contribution in [-0.2, 0) is 10.2 Å². The number of carbonyl (C=O) groups excluding carboxylic acids is 2. The van der Waals surface area contributed by atoms with E-state index in [9.17, 15) is 9.59 Å². The zero-order chi connectivity index (χ0) is 32.5. The number of carbonyl (C=O) groups is 2. The van der Waals surface area contributed by atoms with Gasteiger partial charge in [-0.3, -0.25) is 14.7 Å². The van der Waals surface area contributed by atoms with Crippen molar-refractivity contribution in [3.05, 3.63) is 99.0 Å². The van der Waals surface area contributed by atoms with E-state index in [1.165, 1.54) is 0 Å². The minimum atomic E-state index is -0.444. The summed E-state index contributed by atoms with van der Waals surface area (Å²) >= 11 is 12.6. The highest BCUT2D eigenvalue weighted by Crippen LogP contribution is 2.46. The summed E-state index contributed by atoms with van der Waals surface area (Å²) in [5, 5.41) is 1.25. The van der Waals surface area contributed by atoms with Crippen LogP contribution in [0.25, 0.3) is 0 Å². The Morgan fingerprint density at radius 2 is 1.42 bits per heavy atom. The van der Waals surface area contributed by atoms with Crippen LogP contribution in [-0.4, -0.2) is 65.3 Å². The van der Waals surface area contributed by atoms with Crippen LogP contribution in [0, 0.1) is 5.92 Å². The molecule has 2 heterocycles. The largest absolute Gasteiger partial charge is 0.494 e. The lowest BCUT2D eigenvalue weighted by Gasteiger charge is -2.39. The predicted octanol–water partition coefficient (Wildman–Crippen LogP) is 8.15. The molecule has 3 aromatic rings. The molecule has 0 bridgehead atoms. The van der Waals surface area contributed by atoms with Gasteiger partial charge in [0, 0.05) is 47.7 Å². The Hall–Kier alpha value is -3.55. The van der Waals surface area contributed by atoms with Crippen molar-refractivity contribution in [2.45, 2.75) is 59.0 Å². The Morgan fingerprint density at radius 1 is 0.867 bits per heavy atom. The monoisotopic (exact) mass is 648 g/mol. The first kappa shape index (κ1) is 32.8. The molecular formula is C36H42Cl2N4O3. The van der Waals surface area contributed by atoms with Crippen LogP contribution in [0.5, 0.6) is 5.75 Å². The maximum Gasteiger partial charge on any atom is 0.326 e. The molecule has 0 spiro atoms. The van der Waals surface area contributed by atoms with Crippen LogP contribution in [0.4, 0.5) is 4.79 Å². The molecule has 0 N–H and O–H groups in total. The number of benzene rings is 3. The van der Waals surface area contributed by atoms with E-state index in [1.54, 1.807) is 0 Å². The highest BCUT2D eigenvalue weighted by Gasteiger charge is 2.45. The number of nitrogens with zero attached hydrogens (tertiary/aromatic N) is 4. The van der Waals surface area contributed by atoms with E-state index in [0.717, 1.165) is 28.0 Å². The summed E-state index contributed by atoms with van der Waals surface area (Å²) in [6.07, 6.45) is 0. The summed E-state index contributed by atoms with van der Waals surface area (Å²) in [5.74, 6) is 1.40. The molecule has 5 rings (SSSR count). The number of amides is 3. The molecule has 9 heteroatoms. The lowest BCUT2D eigenvalue weighted by Crippen LogP contribution is -2.55. The van der Waals surface area contributed by atoms with E-state index < -0.39 is 12.1 Å². The molecule has 238 valence electrons. The minimum absolute atomic E-state index is 0.0885. The number of piperazine rings is 1. The zero-order valence-corrected chi connectivity index (χ0v) is 28.4. The molecule has 0 unspecified atom stereocenters. The van der Waals surface area contributed by atoms with Crippen LogP contribution in [0.3, 0.4) is 0 Å². The van der Waals surface area contributed by atoms with Gasteiger partial charge < -0.3 is 14.5 Å². The molecular weight excluding hydrogens is 607 g/mol. The average molecular weight is 650 g/mol. The lowest BCUT2D eigenvalue weighted by molar-refractivity contribution is -0.135. The fourth-order valence-electron chi connectivity index (χ4n) is 6.09. The number of urea groups is 1. The summed E-state index contributed by atoms with van der Waals surface area (Å²) in [4.78, 5) is 38.4. The Kier molecular flexibility index (Phi) is 9.80. The number of hydrogen-bond acceptors (Lipinski definition) is 4. The highest BCUT2D eigenvalue weighted by molar-refractivity contribution is 6.30. The van der Waals surface area contributed by atoms with Crippen LogP contribution in [0.1, 0.15) is 75.9 Å². The molecule has 1 saturated heterocycles. The van der Waals surface area contributed by atoms with Crippen molar-refractivity contribution in [2.24, 2.45) is 10.9 Å². The second-order valence-electron chi connectivity index (χ2n) is 13.0. The van der Waals surface area contributed by atoms with Crippen molar-refractivity contribution in [3.63, 3.8) is 0 Å². The Labute approximate surface area is 276 Å². The maximum absolute atomic E-state index is 14.8. The number of rotatable bonds is 6. The number of halogens is 2. The first-order valence-corrected chi connectivity index (χ1v) is 16.4. The van der Waals surface area contributed by atoms with Gasteiger partial charge in [0.05, 0.1) is 12.6 Å². The van der Waals surface area contributed by atoms with Gasteiger partial charge in [-0.2, -0.15) is 0 Å². The average Bonchev–Trinajstić information content (AvgIpc) is 3.41. The van der Waals surface area contributed by atoms with Gasteiger partial charge in [-0.15, -0.1) is 0 Å². The lowest BCUT2D eigenvalue weighted by atomic mass is 9.83. The topological polar surface area (TPSA) is 65.5 Å². The number of aliphatic imine (C=N–C) groups is 1. The van der Waals surface area contributed by atoms with Crippen molar-refractivity contribution in [3.8, 4) is 5.75 Å². The van der Waals surface area contributed by atoms with E-state index in [1.807, 2.05) is 96.1 Å². The summed E-state index contributed by atoms with van der Waals surface area (Å²) in [6, 6.07) is 20.4. The third-order valence-electron chi connectivity index (χ3n) is 8.40. The Balaban J connectivity index is 1.65. The van der Waals surface area contributed by atoms with Crippen LogP contribution < -0.4 is 4.74 Å².